The van der Waals surface area contributed by atoms with Crippen molar-refractivity contribution < 1.29 is 0 Å². The Kier molecular flexibility index (Phi) is 0.993. The van der Waals surface area contributed by atoms with Gasteiger partial charge in [0.1, 0.15) is 4.88 Å². The Hall–Kier alpha value is -0.890. The highest BCUT2D eigenvalue weighted by atomic mass is 32.1. The van der Waals surface area contributed by atoms with Gasteiger partial charge in [-0.25, -0.2) is 0 Å². The summed E-state index contributed by atoms with van der Waals surface area (Å²) in [4.78, 5) is 5.41. The Morgan fingerprint density at radius 3 is 3.33 bits per heavy atom. The van der Waals surface area contributed by atoms with Gasteiger partial charge in [0.2, 0.25) is 6.21 Å². The zero-order chi connectivity index (χ0) is 6.10. The van der Waals surface area contributed by atoms with Crippen molar-refractivity contribution in [2.24, 2.45) is 0 Å². The number of rotatable bonds is 0. The van der Waals surface area contributed by atoms with Crippen LogP contribution in [0.5, 0.6) is 0 Å². The van der Waals surface area contributed by atoms with Crippen LogP contribution in [-0.2, 0) is 0 Å². The maximum absolute atomic E-state index is 4.15. The molecule has 1 nitrogen and oxygen atoms in total. The van der Waals surface area contributed by atoms with Crippen molar-refractivity contribution in [3.05, 3.63) is 22.4 Å². The van der Waals surface area contributed by atoms with E-state index in [-0.39, 0.29) is 0 Å². The van der Waals surface area contributed by atoms with Gasteiger partial charge >= 0.3 is 0 Å². The van der Waals surface area contributed by atoms with Gasteiger partial charge in [0.05, 0.1) is 4.99 Å². The maximum atomic E-state index is 4.15. The average Bonchev–Trinajstić information content (AvgIpc) is 2.33. The summed E-state index contributed by atoms with van der Waals surface area (Å²) in [6, 6.07) is 2.03. The second-order valence-corrected chi connectivity index (χ2v) is 2.76. The minimum atomic E-state index is 1.10. The van der Waals surface area contributed by atoms with E-state index in [2.05, 4.69) is 16.4 Å². The molecule has 1 aliphatic rings. The van der Waals surface area contributed by atoms with Crippen LogP contribution in [0.2, 0.25) is 0 Å². The van der Waals surface area contributed by atoms with E-state index in [0.717, 1.165) is 5.69 Å². The molecular weight excluding hydrogens is 130 g/mol. The van der Waals surface area contributed by atoms with Crippen LogP contribution in [-0.4, -0.2) is 6.21 Å². The van der Waals surface area contributed by atoms with Gasteiger partial charge in [0.25, 0.3) is 5.69 Å². The van der Waals surface area contributed by atoms with Gasteiger partial charge < -0.3 is 0 Å². The van der Waals surface area contributed by atoms with E-state index in [1.807, 2.05) is 18.4 Å². The van der Waals surface area contributed by atoms with Crippen molar-refractivity contribution in [3.8, 4) is 0 Å². The summed E-state index contributed by atoms with van der Waals surface area (Å²) >= 11 is 1.72. The zero-order valence-corrected chi connectivity index (χ0v) is 5.56. The first-order valence-electron chi connectivity index (χ1n) is 2.75. The molecule has 0 aromatic carbocycles. The fourth-order valence-electron chi connectivity index (χ4n) is 0.799. The van der Waals surface area contributed by atoms with E-state index in [4.69, 9.17) is 0 Å². The molecule has 0 spiro atoms. The van der Waals surface area contributed by atoms with E-state index >= 15 is 0 Å². The third-order valence-electron chi connectivity index (χ3n) is 1.22. The lowest BCUT2D eigenvalue weighted by molar-refractivity contribution is 1.41. The van der Waals surface area contributed by atoms with Gasteiger partial charge in [-0.15, -0.1) is 11.3 Å². The van der Waals surface area contributed by atoms with E-state index < -0.39 is 0 Å². The van der Waals surface area contributed by atoms with E-state index in [1.165, 1.54) is 4.88 Å². The molecule has 2 heterocycles. The summed E-state index contributed by atoms with van der Waals surface area (Å²) < 4.78 is 0. The Labute approximate surface area is 57.4 Å². The van der Waals surface area contributed by atoms with Crippen molar-refractivity contribution >= 4 is 29.3 Å². The van der Waals surface area contributed by atoms with Gasteiger partial charge in [0, 0.05) is 12.1 Å². The Morgan fingerprint density at radius 1 is 1.44 bits per heavy atom. The molecule has 9 heavy (non-hydrogen) atoms. The highest BCUT2D eigenvalue weighted by Crippen LogP contribution is 2.23. The van der Waals surface area contributed by atoms with Crippen molar-refractivity contribution in [3.63, 3.8) is 0 Å². The number of hydrogen-bond donors (Lipinski definition) is 0. The Bertz CT molecular complexity index is 244. The van der Waals surface area contributed by atoms with Crippen molar-refractivity contribution in [2.45, 2.75) is 0 Å². The quantitative estimate of drug-likeness (QED) is 0.515. The molecule has 1 aromatic rings. The van der Waals surface area contributed by atoms with Gasteiger partial charge in [-0.2, -0.15) is 0 Å². The number of aliphatic imine (C=N–C) groups is 1. The first-order valence-corrected chi connectivity index (χ1v) is 3.63. The molecule has 43 valence electrons. The molecule has 0 atom stereocenters. The number of thiophene rings is 1. The molecule has 0 saturated heterocycles. The normalized spacial score (nSPS) is 13.8. The molecule has 1 aliphatic heterocycles. The second kappa shape index (κ2) is 1.81. The Balaban J connectivity index is 2.68. The van der Waals surface area contributed by atoms with Crippen LogP contribution >= 0.6 is 11.3 Å². The molecule has 0 saturated carbocycles. The van der Waals surface area contributed by atoms with Gasteiger partial charge in [-0.1, -0.05) is 0 Å². The number of fused-ring (bicyclic) bond motifs is 1. The van der Waals surface area contributed by atoms with Crippen LogP contribution in [0.4, 0.5) is 5.69 Å². The molecule has 2 rings (SSSR count). The minimum Gasteiger partial charge on any atom is -0.137 e. The van der Waals surface area contributed by atoms with Gasteiger partial charge in [-0.05, 0) is 11.5 Å². The van der Waals surface area contributed by atoms with E-state index in [9.17, 15) is 0 Å². The smallest absolute Gasteiger partial charge is 0.137 e. The molecule has 0 aliphatic carbocycles. The first kappa shape index (κ1) is 4.94. The monoisotopic (exact) mass is 135 g/mol. The molecule has 1 aromatic heterocycles. The predicted molar refractivity (Wildman–Crippen MR) is 41.2 cm³/mol. The lowest BCUT2D eigenvalue weighted by atomic mass is 10.3. The predicted octanol–water partition coefficient (Wildman–Crippen LogP) is 1.81. The van der Waals surface area contributed by atoms with Gasteiger partial charge in [-0.3, -0.25) is 0 Å². The summed E-state index contributed by atoms with van der Waals surface area (Å²) in [5.74, 6) is 0. The lowest BCUT2D eigenvalue weighted by Crippen LogP contribution is -1.85. The van der Waals surface area contributed by atoms with Crippen molar-refractivity contribution in [1.29, 1.82) is 0 Å². The number of nitrogens with zero attached hydrogens (tertiary/aromatic N) is 1. The third-order valence-corrected chi connectivity index (χ3v) is 2.09. The first-order chi connectivity index (χ1) is 4.47. The minimum absolute atomic E-state index is 1.10. The van der Waals surface area contributed by atoms with Crippen LogP contribution in [0.1, 0.15) is 4.88 Å². The third kappa shape index (κ3) is 0.715. The lowest BCUT2D eigenvalue weighted by Gasteiger charge is -1.80. The maximum Gasteiger partial charge on any atom is 0.294 e. The largest absolute Gasteiger partial charge is 0.294 e. The molecule has 0 unspecified atom stereocenters. The van der Waals surface area contributed by atoms with Gasteiger partial charge in [0.15, 0.2) is 0 Å². The molecular formula is C7H5NS+. The molecule has 0 fully saturated rings. The highest BCUT2D eigenvalue weighted by Gasteiger charge is 2.11. The van der Waals surface area contributed by atoms with Crippen LogP contribution in [0.3, 0.4) is 0 Å². The van der Waals surface area contributed by atoms with Crippen molar-refractivity contribution in [1.82, 2.24) is 4.99 Å². The number of hydrogen-bond acceptors (Lipinski definition) is 2. The van der Waals surface area contributed by atoms with Crippen LogP contribution in [0.25, 0.3) is 6.08 Å². The summed E-state index contributed by atoms with van der Waals surface area (Å²) in [7, 11) is 0. The molecule has 0 amide bonds. The SMILES string of the molecule is C1=Cc2sccc2[N+]=C1. The summed E-state index contributed by atoms with van der Waals surface area (Å²) in [5.41, 5.74) is 1.10. The van der Waals surface area contributed by atoms with Crippen LogP contribution < -0.4 is 4.99 Å². The fraction of sp³-hybridized carbons (Fsp3) is 0. The molecule has 2 heteroatoms. The topological polar surface area (TPSA) is 14.1 Å². The van der Waals surface area contributed by atoms with E-state index in [1.54, 1.807) is 11.3 Å². The summed E-state index contributed by atoms with van der Waals surface area (Å²) in [5, 5.41) is 2.05. The van der Waals surface area contributed by atoms with Crippen molar-refractivity contribution in [2.75, 3.05) is 0 Å². The van der Waals surface area contributed by atoms with Crippen LogP contribution in [0.15, 0.2) is 17.5 Å². The standard InChI is InChI=1S/C7H5NS/c1-2-7-6(8-4-1)3-5-9-7/h1-5H/q+1. The summed E-state index contributed by atoms with van der Waals surface area (Å²) in [6.45, 7) is 0. The molecule has 0 bridgehead atoms. The second-order valence-electron chi connectivity index (χ2n) is 1.81. The fourth-order valence-corrected chi connectivity index (χ4v) is 1.54. The highest BCUT2D eigenvalue weighted by molar-refractivity contribution is 7.11. The van der Waals surface area contributed by atoms with Crippen LogP contribution in [0, 0.1) is 0 Å². The van der Waals surface area contributed by atoms with E-state index in [0.29, 0.717) is 0 Å². The average molecular weight is 135 g/mol. The number of allylic oxidation sites excluding steroid dienone is 1. The molecule has 0 N–H and O–H groups in total. The Morgan fingerprint density at radius 2 is 2.44 bits per heavy atom. The zero-order valence-electron chi connectivity index (χ0n) is 4.74. The molecule has 1 radical (unpaired) electrons. The summed E-state index contributed by atoms with van der Waals surface area (Å²) in [6.07, 6.45) is 5.85.